The summed E-state index contributed by atoms with van der Waals surface area (Å²) in [6, 6.07) is 10.3. The molecule has 0 amide bonds. The first-order valence-electron chi connectivity index (χ1n) is 8.40. The molecule has 2 rings (SSSR count). The van der Waals surface area contributed by atoms with Crippen LogP contribution in [0.2, 0.25) is 19.6 Å². The van der Waals surface area contributed by atoms with E-state index >= 15 is 0 Å². The molecule has 5 heteroatoms. The number of carbonyl (C=O) groups excluding carboxylic acids is 1. The molecule has 0 unspecified atom stereocenters. The summed E-state index contributed by atoms with van der Waals surface area (Å²) >= 11 is 1.74. The number of carbonyl (C=O) groups is 1. The van der Waals surface area contributed by atoms with Crippen molar-refractivity contribution in [3.05, 3.63) is 41.9 Å². The fraction of sp³-hybridized carbons (Fsp3) is 0.421. The lowest BCUT2D eigenvalue weighted by Crippen LogP contribution is -2.40. The first-order chi connectivity index (χ1) is 11.4. The number of furan rings is 1. The van der Waals surface area contributed by atoms with E-state index in [1.807, 2.05) is 25.1 Å². The Morgan fingerprint density at radius 2 is 1.79 bits per heavy atom. The molecule has 0 bridgehead atoms. The molecule has 2 aromatic rings. The normalized spacial score (nSPS) is 11.5. The molecule has 0 atom stereocenters. The van der Waals surface area contributed by atoms with E-state index in [1.165, 1.54) is 15.0 Å². The van der Waals surface area contributed by atoms with Crippen molar-refractivity contribution in [2.45, 2.75) is 56.1 Å². The van der Waals surface area contributed by atoms with Gasteiger partial charge in [-0.2, -0.15) is 0 Å². The summed E-state index contributed by atoms with van der Waals surface area (Å²) in [5.74, 6) is 1.55. The molecule has 0 N–H and O–H groups in total. The van der Waals surface area contributed by atoms with Crippen LogP contribution >= 0.6 is 11.8 Å². The van der Waals surface area contributed by atoms with Gasteiger partial charge in [-0.15, -0.1) is 0 Å². The van der Waals surface area contributed by atoms with Gasteiger partial charge < -0.3 is 9.15 Å². The van der Waals surface area contributed by atoms with Crippen LogP contribution in [-0.2, 0) is 22.4 Å². The van der Waals surface area contributed by atoms with Crippen LogP contribution in [-0.4, -0.2) is 20.7 Å². The van der Waals surface area contributed by atoms with Crippen molar-refractivity contribution < 1.29 is 13.9 Å². The van der Waals surface area contributed by atoms with Gasteiger partial charge in [-0.3, -0.25) is 4.79 Å². The molecule has 0 radical (unpaired) electrons. The van der Waals surface area contributed by atoms with Crippen molar-refractivity contribution in [3.63, 3.8) is 0 Å². The minimum absolute atomic E-state index is 0.218. The van der Waals surface area contributed by atoms with E-state index < -0.39 is 8.07 Å². The van der Waals surface area contributed by atoms with Gasteiger partial charge in [0.25, 0.3) is 0 Å². The minimum Gasteiger partial charge on any atom is -0.466 e. The molecule has 0 fully saturated rings. The quantitative estimate of drug-likeness (QED) is 0.531. The maximum atomic E-state index is 12.0. The SMILES string of the molecule is CCOC(=O)Cc1oc(CC)c(Sc2ccccc2)c1[Si](C)(C)C. The highest BCUT2D eigenvalue weighted by Gasteiger charge is 2.31. The molecule has 0 aliphatic heterocycles. The maximum absolute atomic E-state index is 12.0. The third-order valence-corrected chi connectivity index (χ3v) is 7.00. The van der Waals surface area contributed by atoms with Crippen LogP contribution in [0.15, 0.2) is 44.5 Å². The fourth-order valence-electron chi connectivity index (χ4n) is 2.69. The number of hydrogen-bond acceptors (Lipinski definition) is 4. The van der Waals surface area contributed by atoms with Crippen LogP contribution in [0.4, 0.5) is 0 Å². The topological polar surface area (TPSA) is 39.4 Å². The minimum atomic E-state index is -1.68. The Labute approximate surface area is 149 Å². The van der Waals surface area contributed by atoms with Crippen LogP contribution < -0.4 is 5.19 Å². The first kappa shape index (κ1) is 18.9. The maximum Gasteiger partial charge on any atom is 0.313 e. The second-order valence-electron chi connectivity index (χ2n) is 6.65. The molecule has 0 spiro atoms. The summed E-state index contributed by atoms with van der Waals surface area (Å²) in [5, 5.41) is 1.25. The molecule has 130 valence electrons. The molecule has 1 aromatic heterocycles. The highest BCUT2D eigenvalue weighted by atomic mass is 32.2. The molecule has 24 heavy (non-hydrogen) atoms. The van der Waals surface area contributed by atoms with Gasteiger partial charge in [-0.1, -0.05) is 56.5 Å². The van der Waals surface area contributed by atoms with E-state index in [-0.39, 0.29) is 12.4 Å². The van der Waals surface area contributed by atoms with E-state index in [4.69, 9.17) is 9.15 Å². The monoisotopic (exact) mass is 362 g/mol. The van der Waals surface area contributed by atoms with Gasteiger partial charge in [0, 0.05) is 11.3 Å². The van der Waals surface area contributed by atoms with E-state index in [0.29, 0.717) is 6.61 Å². The first-order valence-corrected chi connectivity index (χ1v) is 12.7. The number of rotatable bonds is 7. The van der Waals surface area contributed by atoms with Crippen molar-refractivity contribution in [1.29, 1.82) is 0 Å². The third-order valence-electron chi connectivity index (χ3n) is 3.65. The summed E-state index contributed by atoms with van der Waals surface area (Å²) in [6.07, 6.45) is 1.03. The zero-order valence-corrected chi connectivity index (χ0v) is 17.0. The van der Waals surface area contributed by atoms with Crippen LogP contribution in [0.5, 0.6) is 0 Å². The highest BCUT2D eigenvalue weighted by Crippen LogP contribution is 2.34. The van der Waals surface area contributed by atoms with Gasteiger partial charge in [0.05, 0.1) is 19.6 Å². The molecule has 1 aromatic carbocycles. The molecular weight excluding hydrogens is 336 g/mol. The summed E-state index contributed by atoms with van der Waals surface area (Å²) < 4.78 is 11.2. The predicted molar refractivity (Wildman–Crippen MR) is 102 cm³/mol. The summed E-state index contributed by atoms with van der Waals surface area (Å²) in [5.41, 5.74) is 0. The Kier molecular flexibility index (Phi) is 6.35. The lowest BCUT2D eigenvalue weighted by molar-refractivity contribution is -0.142. The Balaban J connectivity index is 2.47. The van der Waals surface area contributed by atoms with E-state index in [2.05, 4.69) is 38.7 Å². The van der Waals surface area contributed by atoms with Crippen LogP contribution in [0, 0.1) is 0 Å². The van der Waals surface area contributed by atoms with E-state index in [1.54, 1.807) is 11.8 Å². The van der Waals surface area contributed by atoms with Gasteiger partial charge in [0.1, 0.15) is 17.9 Å². The smallest absolute Gasteiger partial charge is 0.313 e. The molecule has 0 aliphatic carbocycles. The molecule has 1 heterocycles. The molecular formula is C19H26O3SSi. The van der Waals surface area contributed by atoms with E-state index in [9.17, 15) is 4.79 Å². The molecule has 0 saturated heterocycles. The van der Waals surface area contributed by atoms with Crippen LogP contribution in [0.25, 0.3) is 0 Å². The Morgan fingerprint density at radius 3 is 2.33 bits per heavy atom. The zero-order valence-electron chi connectivity index (χ0n) is 15.1. The van der Waals surface area contributed by atoms with Gasteiger partial charge in [0.2, 0.25) is 0 Å². The van der Waals surface area contributed by atoms with Crippen LogP contribution in [0.3, 0.4) is 0 Å². The lowest BCUT2D eigenvalue weighted by atomic mass is 10.3. The fourth-order valence-corrected chi connectivity index (χ4v) is 6.60. The number of esters is 1. The Hall–Kier alpha value is -1.46. The van der Waals surface area contributed by atoms with Gasteiger partial charge in [-0.05, 0) is 24.2 Å². The Morgan fingerprint density at radius 1 is 1.12 bits per heavy atom. The van der Waals surface area contributed by atoms with Gasteiger partial charge in [0.15, 0.2) is 0 Å². The zero-order chi connectivity index (χ0) is 17.7. The molecule has 0 saturated carbocycles. The molecule has 3 nitrogen and oxygen atoms in total. The van der Waals surface area contributed by atoms with Crippen molar-refractivity contribution >= 4 is 31.0 Å². The number of benzene rings is 1. The van der Waals surface area contributed by atoms with Crippen molar-refractivity contribution in [3.8, 4) is 0 Å². The second-order valence-corrected chi connectivity index (χ2v) is 12.7. The van der Waals surface area contributed by atoms with Gasteiger partial charge in [-0.25, -0.2) is 0 Å². The summed E-state index contributed by atoms with van der Waals surface area (Å²) in [7, 11) is -1.68. The molecule has 0 aliphatic rings. The second kappa shape index (κ2) is 8.08. The summed E-state index contributed by atoms with van der Waals surface area (Å²) in [4.78, 5) is 14.4. The largest absolute Gasteiger partial charge is 0.466 e. The third kappa shape index (κ3) is 4.54. The highest BCUT2D eigenvalue weighted by molar-refractivity contribution is 7.99. The number of aryl methyl sites for hydroxylation is 1. The average Bonchev–Trinajstić information content (AvgIpc) is 2.85. The van der Waals surface area contributed by atoms with Crippen LogP contribution in [0.1, 0.15) is 25.4 Å². The van der Waals surface area contributed by atoms with Crippen molar-refractivity contribution in [2.24, 2.45) is 0 Å². The number of hydrogen-bond donors (Lipinski definition) is 0. The van der Waals surface area contributed by atoms with Crippen molar-refractivity contribution in [1.82, 2.24) is 0 Å². The standard InChI is InChI=1S/C19H26O3SSi/c1-6-15-18(23-14-11-9-8-10-12-14)19(24(3,4)5)16(22-15)13-17(20)21-7-2/h8-12H,6-7,13H2,1-5H3. The van der Waals surface area contributed by atoms with Gasteiger partial charge >= 0.3 is 5.97 Å². The lowest BCUT2D eigenvalue weighted by Gasteiger charge is -2.18. The summed E-state index contributed by atoms with van der Waals surface area (Å²) in [6.45, 7) is 11.2. The van der Waals surface area contributed by atoms with Crippen molar-refractivity contribution in [2.75, 3.05) is 6.61 Å². The predicted octanol–water partition coefficient (Wildman–Crippen LogP) is 4.64. The number of ether oxygens (including phenoxy) is 1. The average molecular weight is 363 g/mol. The Bertz CT molecular complexity index is 687. The van der Waals surface area contributed by atoms with E-state index in [0.717, 1.165) is 17.9 Å².